The third-order valence-corrected chi connectivity index (χ3v) is 4.72. The Morgan fingerprint density at radius 3 is 3.04 bits per heavy atom. The molecule has 0 aliphatic carbocycles. The molecule has 8 nitrogen and oxygen atoms in total. The van der Waals surface area contributed by atoms with Crippen LogP contribution in [0.1, 0.15) is 21.5 Å². The molecule has 9 heteroatoms. The molecule has 0 fully saturated rings. The second-order valence-electron chi connectivity index (χ2n) is 5.54. The molecule has 140 valence electrons. The Morgan fingerprint density at radius 1 is 1.44 bits per heavy atom. The number of nitrogens with two attached hydrogens (primary N) is 1. The van der Waals surface area contributed by atoms with Crippen molar-refractivity contribution in [1.29, 1.82) is 0 Å². The van der Waals surface area contributed by atoms with Crippen molar-refractivity contribution in [2.75, 3.05) is 19.0 Å². The topological polar surface area (TPSA) is 107 Å². The highest BCUT2D eigenvalue weighted by Crippen LogP contribution is 2.22. The quantitative estimate of drug-likeness (QED) is 0.479. The van der Waals surface area contributed by atoms with E-state index >= 15 is 0 Å². The van der Waals surface area contributed by atoms with Gasteiger partial charge in [-0.2, -0.15) is 4.98 Å². The highest BCUT2D eigenvalue weighted by Gasteiger charge is 2.12. The van der Waals surface area contributed by atoms with Gasteiger partial charge in [0, 0.05) is 42.1 Å². The number of rotatable bonds is 7. The second kappa shape index (κ2) is 8.45. The summed E-state index contributed by atoms with van der Waals surface area (Å²) in [4.78, 5) is 26.2. The van der Waals surface area contributed by atoms with Crippen LogP contribution >= 0.6 is 11.3 Å². The molecule has 3 aromatic heterocycles. The fourth-order valence-corrected chi connectivity index (χ4v) is 3.39. The van der Waals surface area contributed by atoms with Gasteiger partial charge in [0.15, 0.2) is 0 Å². The molecule has 3 N–H and O–H groups in total. The fraction of sp³-hybridized carbons (Fsp3) is 0.222. The van der Waals surface area contributed by atoms with Gasteiger partial charge in [-0.1, -0.05) is 0 Å². The van der Waals surface area contributed by atoms with Crippen LogP contribution in [0.4, 0.5) is 5.95 Å². The Kier molecular flexibility index (Phi) is 5.82. The van der Waals surface area contributed by atoms with Crippen LogP contribution in [-0.2, 0) is 11.3 Å². The maximum absolute atomic E-state index is 11.8. The summed E-state index contributed by atoms with van der Waals surface area (Å²) >= 11 is 1.42. The van der Waals surface area contributed by atoms with Crippen molar-refractivity contribution in [1.82, 2.24) is 14.5 Å². The largest absolute Gasteiger partial charge is 0.462 e. The van der Waals surface area contributed by atoms with Gasteiger partial charge in [-0.3, -0.25) is 4.99 Å². The maximum Gasteiger partial charge on any atom is 0.348 e. The fourth-order valence-electron chi connectivity index (χ4n) is 2.49. The van der Waals surface area contributed by atoms with Gasteiger partial charge in [-0.15, -0.1) is 11.3 Å². The lowest BCUT2D eigenvalue weighted by atomic mass is 10.4. The molecule has 3 aromatic rings. The van der Waals surface area contributed by atoms with E-state index in [4.69, 9.17) is 10.5 Å². The van der Waals surface area contributed by atoms with Crippen LogP contribution in [0.15, 0.2) is 47.5 Å². The van der Waals surface area contributed by atoms with E-state index in [9.17, 15) is 4.79 Å². The summed E-state index contributed by atoms with van der Waals surface area (Å²) in [5, 5.41) is 3.95. The molecule has 0 unspecified atom stereocenters. The third kappa shape index (κ3) is 4.32. The van der Waals surface area contributed by atoms with Gasteiger partial charge >= 0.3 is 5.97 Å². The molecular formula is C18H20N6O2S. The van der Waals surface area contributed by atoms with E-state index in [1.54, 1.807) is 32.4 Å². The zero-order chi connectivity index (χ0) is 19.2. The van der Waals surface area contributed by atoms with Gasteiger partial charge in [0.1, 0.15) is 10.5 Å². The molecule has 0 radical (unpaired) electrons. The van der Waals surface area contributed by atoms with Crippen LogP contribution in [-0.4, -0.2) is 40.4 Å². The van der Waals surface area contributed by atoms with Crippen molar-refractivity contribution in [3.63, 3.8) is 0 Å². The summed E-state index contributed by atoms with van der Waals surface area (Å²) in [7, 11) is 1.66. The molecule has 27 heavy (non-hydrogen) atoms. The van der Waals surface area contributed by atoms with Crippen molar-refractivity contribution in [2.45, 2.75) is 13.5 Å². The molecule has 0 saturated carbocycles. The minimum atomic E-state index is -0.293. The highest BCUT2D eigenvalue weighted by molar-refractivity contribution is 7.13. The zero-order valence-corrected chi connectivity index (χ0v) is 15.9. The smallest absolute Gasteiger partial charge is 0.348 e. The Labute approximate surface area is 160 Å². The first kappa shape index (κ1) is 18.6. The van der Waals surface area contributed by atoms with Crippen LogP contribution in [0.5, 0.6) is 0 Å². The number of carbonyl (C=O) groups excluding carboxylic acids is 1. The van der Waals surface area contributed by atoms with Crippen LogP contribution < -0.4 is 11.1 Å². The highest BCUT2D eigenvalue weighted by atomic mass is 32.1. The summed E-state index contributed by atoms with van der Waals surface area (Å²) in [5.41, 5.74) is 6.95. The Balaban J connectivity index is 1.83. The number of nitrogens with zero attached hydrogens (tertiary/aromatic N) is 4. The summed E-state index contributed by atoms with van der Waals surface area (Å²) in [5.74, 6) is 0.135. The number of esters is 1. The van der Waals surface area contributed by atoms with Gasteiger partial charge in [-0.25, -0.2) is 9.78 Å². The van der Waals surface area contributed by atoms with E-state index in [2.05, 4.69) is 20.3 Å². The number of thiophene rings is 1. The predicted octanol–water partition coefficient (Wildman–Crippen LogP) is 2.63. The van der Waals surface area contributed by atoms with E-state index in [0.717, 1.165) is 15.9 Å². The number of hydrogen-bond donors (Lipinski definition) is 2. The molecule has 0 atom stereocenters. The lowest BCUT2D eigenvalue weighted by Crippen LogP contribution is -2.07. The molecule has 3 rings (SSSR count). The van der Waals surface area contributed by atoms with E-state index in [1.807, 2.05) is 22.9 Å². The number of allylic oxidation sites excluding steroid dienone is 1. The molecule has 0 aliphatic rings. The number of fused-ring (bicyclic) bond motifs is 1. The first-order valence-corrected chi connectivity index (χ1v) is 9.15. The van der Waals surface area contributed by atoms with E-state index in [1.165, 1.54) is 17.5 Å². The number of anilines is 1. The average molecular weight is 384 g/mol. The number of ether oxygens (including phenoxy) is 1. The zero-order valence-electron chi connectivity index (χ0n) is 15.0. The minimum absolute atomic E-state index is 0.293. The summed E-state index contributed by atoms with van der Waals surface area (Å²) in [6, 6.07) is 5.66. The molecule has 0 saturated heterocycles. The lowest BCUT2D eigenvalue weighted by Gasteiger charge is -2.06. The van der Waals surface area contributed by atoms with Crippen molar-refractivity contribution in [2.24, 2.45) is 10.7 Å². The number of hydrogen-bond acceptors (Lipinski definition) is 8. The SMILES string of the molecule is CCOC(=O)c1ccc(Cn2ccc3cnc(N/C(C=NC)=C/N)nc32)s1. The first-order valence-electron chi connectivity index (χ1n) is 8.33. The number of carbonyl (C=O) groups is 1. The van der Waals surface area contributed by atoms with Crippen molar-refractivity contribution >= 4 is 40.5 Å². The van der Waals surface area contributed by atoms with E-state index in [-0.39, 0.29) is 5.97 Å². The van der Waals surface area contributed by atoms with Crippen molar-refractivity contribution in [3.05, 3.63) is 52.2 Å². The molecule has 3 heterocycles. The van der Waals surface area contributed by atoms with Crippen LogP contribution in [0, 0.1) is 0 Å². The van der Waals surface area contributed by atoms with Crippen molar-refractivity contribution < 1.29 is 9.53 Å². The van der Waals surface area contributed by atoms with Gasteiger partial charge < -0.3 is 20.4 Å². The lowest BCUT2D eigenvalue weighted by molar-refractivity contribution is 0.0532. The van der Waals surface area contributed by atoms with Crippen LogP contribution in [0.3, 0.4) is 0 Å². The van der Waals surface area contributed by atoms with Gasteiger partial charge in [0.05, 0.1) is 18.8 Å². The van der Waals surface area contributed by atoms with Crippen LogP contribution in [0.25, 0.3) is 11.0 Å². The number of aromatic nitrogens is 3. The summed E-state index contributed by atoms with van der Waals surface area (Å²) in [6.45, 7) is 2.75. The second-order valence-corrected chi connectivity index (χ2v) is 6.71. The monoisotopic (exact) mass is 384 g/mol. The minimum Gasteiger partial charge on any atom is -0.462 e. The predicted molar refractivity (Wildman–Crippen MR) is 107 cm³/mol. The summed E-state index contributed by atoms with van der Waals surface area (Å²) in [6.07, 6.45) is 6.69. The third-order valence-electron chi connectivity index (χ3n) is 3.67. The molecule has 0 aromatic carbocycles. The molecule has 0 spiro atoms. The van der Waals surface area contributed by atoms with Crippen molar-refractivity contribution in [3.8, 4) is 0 Å². The van der Waals surface area contributed by atoms with E-state index < -0.39 is 0 Å². The summed E-state index contributed by atoms with van der Waals surface area (Å²) < 4.78 is 7.04. The molecule has 0 aliphatic heterocycles. The normalized spacial score (nSPS) is 12.0. The van der Waals surface area contributed by atoms with Gasteiger partial charge in [-0.05, 0) is 25.1 Å². The van der Waals surface area contributed by atoms with Gasteiger partial charge in [0.2, 0.25) is 5.95 Å². The average Bonchev–Trinajstić information content (AvgIpc) is 3.29. The Morgan fingerprint density at radius 2 is 2.30 bits per heavy atom. The Bertz CT molecular complexity index is 1000. The molecule has 0 amide bonds. The number of nitrogens with one attached hydrogen (secondary N) is 1. The maximum atomic E-state index is 11.8. The molecule has 0 bridgehead atoms. The standard InChI is InChI=1S/C18H20N6O2S/c1-3-26-17(25)15-5-4-14(27-15)11-24-7-6-12-9-21-18(23-16(12)24)22-13(8-19)10-20-2/h4-10H,3,11,19H2,1-2H3,(H,21,22,23)/b13-8+,20-10?. The number of aliphatic imine (C=N–C) groups is 1. The molecular weight excluding hydrogens is 364 g/mol. The van der Waals surface area contributed by atoms with Gasteiger partial charge in [0.25, 0.3) is 0 Å². The first-order chi connectivity index (χ1) is 13.1. The van der Waals surface area contributed by atoms with E-state index in [0.29, 0.717) is 29.7 Å². The Hall–Kier alpha value is -3.20. The van der Waals surface area contributed by atoms with Crippen LogP contribution in [0.2, 0.25) is 0 Å².